The first-order valence-corrected chi connectivity index (χ1v) is 9.76. The van der Waals surface area contributed by atoms with Gasteiger partial charge in [-0.2, -0.15) is 18.3 Å². The molecule has 32 heavy (non-hydrogen) atoms. The third-order valence-corrected chi connectivity index (χ3v) is 5.02. The molecule has 0 aliphatic carbocycles. The van der Waals surface area contributed by atoms with Gasteiger partial charge in [-0.15, -0.1) is 0 Å². The van der Waals surface area contributed by atoms with Crippen LogP contribution in [-0.2, 0) is 22.4 Å². The van der Waals surface area contributed by atoms with Gasteiger partial charge in [-0.05, 0) is 29.8 Å². The Balaban J connectivity index is 1.38. The van der Waals surface area contributed by atoms with Crippen LogP contribution in [0.25, 0.3) is 0 Å². The highest BCUT2D eigenvalue weighted by Gasteiger charge is 2.32. The Morgan fingerprint density at radius 1 is 1.22 bits per heavy atom. The highest BCUT2D eigenvalue weighted by atomic mass is 35.5. The summed E-state index contributed by atoms with van der Waals surface area (Å²) in [6.07, 6.45) is -3.91. The molecule has 2 heterocycles. The van der Waals surface area contributed by atoms with Crippen LogP contribution < -0.4 is 5.32 Å². The molecule has 0 bridgehead atoms. The minimum Gasteiger partial charge on any atom is -0.382 e. The van der Waals surface area contributed by atoms with Crippen molar-refractivity contribution in [1.29, 1.82) is 0 Å². The fraction of sp³-hybridized carbons (Fsp3) is 0.190. The second-order valence-corrected chi connectivity index (χ2v) is 7.43. The average molecular weight is 467 g/mol. The molecule has 166 valence electrons. The van der Waals surface area contributed by atoms with Gasteiger partial charge in [0.15, 0.2) is 5.82 Å². The summed E-state index contributed by atoms with van der Waals surface area (Å²) in [5, 5.41) is 10.6. The fourth-order valence-electron chi connectivity index (χ4n) is 3.20. The quantitative estimate of drug-likeness (QED) is 0.545. The third-order valence-electron chi connectivity index (χ3n) is 4.70. The molecule has 11 heteroatoms. The highest BCUT2D eigenvalue weighted by Crippen LogP contribution is 2.30. The first kappa shape index (κ1) is 21.8. The van der Waals surface area contributed by atoms with Crippen LogP contribution >= 0.6 is 11.6 Å². The fourth-order valence-corrected chi connectivity index (χ4v) is 3.47. The van der Waals surface area contributed by atoms with Gasteiger partial charge >= 0.3 is 6.18 Å². The largest absolute Gasteiger partial charge is 0.416 e. The number of hydrogen-bond donors (Lipinski definition) is 1. The van der Waals surface area contributed by atoms with Crippen molar-refractivity contribution >= 4 is 29.0 Å². The summed E-state index contributed by atoms with van der Waals surface area (Å²) in [5.41, 5.74) is -0.0577. The first-order chi connectivity index (χ1) is 15.2. The maximum absolute atomic E-state index is 14.1. The Labute approximate surface area is 184 Å². The zero-order valence-corrected chi connectivity index (χ0v) is 17.0. The standard InChI is InChI=1S/C21H15ClF4N4O2/c22-14-5-2-6-15(23)19(14)16-10-17(32-29-16)20(31)27-18-7-8-30(28-18)11-12-3-1-4-13(9-12)21(24,25)26/h1-9,17H,10-11H2,(H,27,28,31). The van der Waals surface area contributed by atoms with E-state index in [1.54, 1.807) is 6.07 Å². The molecule has 1 aliphatic heterocycles. The Hall–Kier alpha value is -3.40. The number of benzene rings is 2. The number of anilines is 1. The summed E-state index contributed by atoms with van der Waals surface area (Å²) in [7, 11) is 0. The second-order valence-electron chi connectivity index (χ2n) is 7.02. The molecular weight excluding hydrogens is 452 g/mol. The summed E-state index contributed by atoms with van der Waals surface area (Å²) >= 11 is 6.02. The van der Waals surface area contributed by atoms with Crippen molar-refractivity contribution in [3.8, 4) is 0 Å². The summed E-state index contributed by atoms with van der Waals surface area (Å²) in [4.78, 5) is 17.6. The zero-order valence-electron chi connectivity index (χ0n) is 16.2. The van der Waals surface area contributed by atoms with E-state index in [1.807, 2.05) is 0 Å². The Bertz CT molecular complexity index is 1170. The number of alkyl halides is 3. The molecule has 1 unspecified atom stereocenters. The molecule has 1 aromatic heterocycles. The van der Waals surface area contributed by atoms with Crippen molar-refractivity contribution in [3.63, 3.8) is 0 Å². The number of hydrogen-bond acceptors (Lipinski definition) is 4. The van der Waals surface area contributed by atoms with Crippen molar-refractivity contribution in [2.24, 2.45) is 5.16 Å². The number of carbonyl (C=O) groups excluding carboxylic acids is 1. The van der Waals surface area contributed by atoms with Crippen molar-refractivity contribution in [3.05, 3.63) is 82.3 Å². The molecule has 0 fully saturated rings. The Kier molecular flexibility index (Phi) is 5.88. The highest BCUT2D eigenvalue weighted by molar-refractivity contribution is 6.34. The topological polar surface area (TPSA) is 68.5 Å². The number of halogens is 5. The van der Waals surface area contributed by atoms with Crippen LogP contribution in [-0.4, -0.2) is 27.5 Å². The number of aromatic nitrogens is 2. The number of carbonyl (C=O) groups is 1. The normalized spacial score (nSPS) is 15.9. The van der Waals surface area contributed by atoms with Gasteiger partial charge in [-0.3, -0.25) is 9.48 Å². The van der Waals surface area contributed by atoms with E-state index in [0.717, 1.165) is 12.1 Å². The smallest absolute Gasteiger partial charge is 0.382 e. The maximum Gasteiger partial charge on any atom is 0.416 e. The molecule has 0 spiro atoms. The van der Waals surface area contributed by atoms with Gasteiger partial charge in [0.25, 0.3) is 5.91 Å². The van der Waals surface area contributed by atoms with Crippen molar-refractivity contribution in [1.82, 2.24) is 9.78 Å². The van der Waals surface area contributed by atoms with E-state index >= 15 is 0 Å². The summed E-state index contributed by atoms with van der Waals surface area (Å²) in [6, 6.07) is 10.6. The predicted octanol–water partition coefficient (Wildman–Crippen LogP) is 4.87. The Morgan fingerprint density at radius 2 is 2.00 bits per heavy atom. The monoisotopic (exact) mass is 466 g/mol. The number of rotatable bonds is 5. The van der Waals surface area contributed by atoms with Gasteiger partial charge in [0.05, 0.1) is 28.4 Å². The third kappa shape index (κ3) is 4.75. The van der Waals surface area contributed by atoms with E-state index in [-0.39, 0.29) is 35.1 Å². The number of nitrogens with one attached hydrogen (secondary N) is 1. The average Bonchev–Trinajstić information content (AvgIpc) is 3.37. The van der Waals surface area contributed by atoms with Crippen molar-refractivity contribution in [2.75, 3.05) is 5.32 Å². The second kappa shape index (κ2) is 8.62. The van der Waals surface area contributed by atoms with E-state index in [4.69, 9.17) is 16.4 Å². The molecule has 0 saturated carbocycles. The summed E-state index contributed by atoms with van der Waals surface area (Å²) < 4.78 is 54.0. The van der Waals surface area contributed by atoms with Gasteiger partial charge < -0.3 is 10.2 Å². The van der Waals surface area contributed by atoms with Gasteiger partial charge in [0, 0.05) is 18.7 Å². The van der Waals surface area contributed by atoms with Crippen LogP contribution in [0.1, 0.15) is 23.1 Å². The molecule has 2 aromatic carbocycles. The van der Waals surface area contributed by atoms with E-state index in [2.05, 4.69) is 15.6 Å². The lowest BCUT2D eigenvalue weighted by molar-refractivity contribution is -0.137. The number of oxime groups is 1. The number of amides is 1. The molecule has 0 saturated heterocycles. The summed E-state index contributed by atoms with van der Waals surface area (Å²) in [6.45, 7) is 0.0821. The Morgan fingerprint density at radius 3 is 2.75 bits per heavy atom. The predicted molar refractivity (Wildman–Crippen MR) is 109 cm³/mol. The van der Waals surface area contributed by atoms with Crippen LogP contribution in [0.2, 0.25) is 5.02 Å². The van der Waals surface area contributed by atoms with Gasteiger partial charge in [0.1, 0.15) is 5.82 Å². The first-order valence-electron chi connectivity index (χ1n) is 9.38. The lowest BCUT2D eigenvalue weighted by Gasteiger charge is -2.09. The van der Waals surface area contributed by atoms with Crippen LogP contribution in [0.3, 0.4) is 0 Å². The van der Waals surface area contributed by atoms with E-state index in [9.17, 15) is 22.4 Å². The zero-order chi connectivity index (χ0) is 22.9. The van der Waals surface area contributed by atoms with Gasteiger partial charge in [0.2, 0.25) is 6.10 Å². The number of nitrogens with zero attached hydrogens (tertiary/aromatic N) is 3. The van der Waals surface area contributed by atoms with Gasteiger partial charge in [-0.1, -0.05) is 35.0 Å². The lowest BCUT2D eigenvalue weighted by Crippen LogP contribution is -2.28. The molecule has 1 N–H and O–H groups in total. The molecule has 1 amide bonds. The van der Waals surface area contributed by atoms with Crippen LogP contribution in [0, 0.1) is 5.82 Å². The van der Waals surface area contributed by atoms with Crippen LogP contribution in [0.15, 0.2) is 59.9 Å². The molecule has 1 atom stereocenters. The van der Waals surface area contributed by atoms with E-state index in [1.165, 1.54) is 41.2 Å². The SMILES string of the molecule is O=C(Nc1ccn(Cc2cccc(C(F)(F)F)c2)n1)C1CC(c2c(F)cccc2Cl)=NO1. The minimum absolute atomic E-state index is 0.0113. The molecule has 4 rings (SSSR count). The minimum atomic E-state index is -4.44. The molecule has 3 aromatic rings. The van der Waals surface area contributed by atoms with Gasteiger partial charge in [-0.25, -0.2) is 4.39 Å². The molecule has 6 nitrogen and oxygen atoms in total. The maximum atomic E-state index is 14.1. The summed E-state index contributed by atoms with van der Waals surface area (Å²) in [5.74, 6) is -0.947. The van der Waals surface area contributed by atoms with Crippen LogP contribution in [0.5, 0.6) is 0 Å². The molecule has 0 radical (unpaired) electrons. The lowest BCUT2D eigenvalue weighted by atomic mass is 10.0. The van der Waals surface area contributed by atoms with E-state index in [0.29, 0.717) is 5.56 Å². The van der Waals surface area contributed by atoms with E-state index < -0.39 is 29.6 Å². The van der Waals surface area contributed by atoms with Crippen molar-refractivity contribution < 1.29 is 27.2 Å². The molecular formula is C21H15ClF4N4O2. The van der Waals surface area contributed by atoms with Crippen molar-refractivity contribution in [2.45, 2.75) is 25.2 Å². The molecule has 1 aliphatic rings. The van der Waals surface area contributed by atoms with Crippen LogP contribution in [0.4, 0.5) is 23.4 Å².